The van der Waals surface area contributed by atoms with Crippen LogP contribution in [0, 0.1) is 0 Å². The lowest BCUT2D eigenvalue weighted by atomic mass is 10.1. The van der Waals surface area contributed by atoms with Crippen LogP contribution in [-0.2, 0) is 10.0 Å². The number of sulfonamides is 1. The van der Waals surface area contributed by atoms with Gasteiger partial charge in [-0.25, -0.2) is 12.7 Å². The van der Waals surface area contributed by atoms with Crippen LogP contribution in [0.3, 0.4) is 0 Å². The van der Waals surface area contributed by atoms with Gasteiger partial charge in [0.1, 0.15) is 5.76 Å². The first-order valence-electron chi connectivity index (χ1n) is 9.80. The van der Waals surface area contributed by atoms with Crippen LogP contribution in [0.25, 0.3) is 0 Å². The minimum absolute atomic E-state index is 0.165. The van der Waals surface area contributed by atoms with Gasteiger partial charge < -0.3 is 15.1 Å². The second kappa shape index (κ2) is 9.57. The van der Waals surface area contributed by atoms with E-state index in [4.69, 9.17) is 4.42 Å². The molecule has 2 aliphatic rings. The number of piperidine rings is 1. The van der Waals surface area contributed by atoms with Gasteiger partial charge in [-0.3, -0.25) is 9.89 Å². The van der Waals surface area contributed by atoms with Crippen molar-refractivity contribution in [3.8, 4) is 0 Å². The number of guanidine groups is 1. The molecule has 152 valence electrons. The monoisotopic (exact) mass is 397 g/mol. The first-order valence-corrected chi connectivity index (χ1v) is 11.4. The van der Waals surface area contributed by atoms with E-state index in [-0.39, 0.29) is 11.8 Å². The van der Waals surface area contributed by atoms with E-state index >= 15 is 0 Å². The lowest BCUT2D eigenvalue weighted by molar-refractivity contribution is 0.146. The molecular weight excluding hydrogens is 366 g/mol. The minimum atomic E-state index is -3.05. The number of nitrogens with zero attached hydrogens (tertiary/aromatic N) is 3. The molecule has 3 heterocycles. The topological polar surface area (TPSA) is 90.2 Å². The number of likely N-dealkylation sites (tertiary alicyclic amines) is 1. The first kappa shape index (κ1) is 20.2. The highest BCUT2D eigenvalue weighted by Gasteiger charge is 2.28. The molecule has 1 aromatic rings. The van der Waals surface area contributed by atoms with Crippen LogP contribution in [0.4, 0.5) is 0 Å². The number of hydrogen-bond acceptors (Lipinski definition) is 5. The Kier molecular flexibility index (Phi) is 7.14. The predicted molar refractivity (Wildman–Crippen MR) is 106 cm³/mol. The summed E-state index contributed by atoms with van der Waals surface area (Å²) in [7, 11) is -1.32. The normalized spacial score (nSPS) is 22.6. The summed E-state index contributed by atoms with van der Waals surface area (Å²) in [6.45, 7) is 4.46. The quantitative estimate of drug-likeness (QED) is 0.527. The zero-order valence-corrected chi connectivity index (χ0v) is 16.9. The zero-order valence-electron chi connectivity index (χ0n) is 16.1. The van der Waals surface area contributed by atoms with E-state index in [9.17, 15) is 8.42 Å². The zero-order chi connectivity index (χ0) is 19.1. The number of hydrogen-bond donors (Lipinski definition) is 2. The highest BCUT2D eigenvalue weighted by molar-refractivity contribution is 7.89. The molecule has 0 radical (unpaired) electrons. The first-order chi connectivity index (χ1) is 13.1. The maximum Gasteiger partial charge on any atom is 0.214 e. The van der Waals surface area contributed by atoms with Crippen molar-refractivity contribution >= 4 is 16.0 Å². The van der Waals surface area contributed by atoms with Gasteiger partial charge in [-0.1, -0.05) is 6.42 Å². The Balaban J connectivity index is 1.50. The Bertz CT molecular complexity index is 699. The summed E-state index contributed by atoms with van der Waals surface area (Å²) in [6.07, 6.45) is 6.16. The molecule has 3 rings (SSSR count). The fourth-order valence-corrected chi connectivity index (χ4v) is 5.30. The summed E-state index contributed by atoms with van der Waals surface area (Å²) in [5, 5.41) is 6.59. The number of aliphatic imine (C=N–C) groups is 1. The van der Waals surface area contributed by atoms with Crippen molar-refractivity contribution in [3.05, 3.63) is 24.2 Å². The third-order valence-electron chi connectivity index (χ3n) is 5.25. The van der Waals surface area contributed by atoms with E-state index < -0.39 is 10.0 Å². The highest BCUT2D eigenvalue weighted by Crippen LogP contribution is 2.24. The molecular formula is C18H31N5O3S. The molecule has 1 unspecified atom stereocenters. The third-order valence-corrected chi connectivity index (χ3v) is 7.20. The van der Waals surface area contributed by atoms with Gasteiger partial charge in [0.25, 0.3) is 0 Å². The molecule has 2 aliphatic heterocycles. The third kappa shape index (κ3) is 5.46. The molecule has 1 atom stereocenters. The van der Waals surface area contributed by atoms with Gasteiger partial charge in [-0.2, -0.15) is 0 Å². The van der Waals surface area contributed by atoms with E-state index in [1.807, 2.05) is 12.1 Å². The van der Waals surface area contributed by atoms with Crippen LogP contribution in [0.1, 0.15) is 37.5 Å². The SMILES string of the molecule is CN=C(NCCN1CCCS1(=O)=O)NCC(c1ccco1)N1CCCCC1. The lowest BCUT2D eigenvalue weighted by Gasteiger charge is -2.33. The molecule has 0 bridgehead atoms. The molecule has 27 heavy (non-hydrogen) atoms. The average molecular weight is 398 g/mol. The van der Waals surface area contributed by atoms with Crippen molar-refractivity contribution in [2.75, 3.05) is 52.1 Å². The highest BCUT2D eigenvalue weighted by atomic mass is 32.2. The second-order valence-electron chi connectivity index (χ2n) is 7.08. The van der Waals surface area contributed by atoms with Gasteiger partial charge in [0.05, 0.1) is 18.1 Å². The van der Waals surface area contributed by atoms with Gasteiger partial charge in [0.2, 0.25) is 10.0 Å². The summed E-state index contributed by atoms with van der Waals surface area (Å²) in [6, 6.07) is 4.11. The van der Waals surface area contributed by atoms with E-state index in [1.165, 1.54) is 19.3 Å². The molecule has 1 aromatic heterocycles. The average Bonchev–Trinajstić information content (AvgIpc) is 3.31. The smallest absolute Gasteiger partial charge is 0.214 e. The molecule has 2 saturated heterocycles. The summed E-state index contributed by atoms with van der Waals surface area (Å²) >= 11 is 0. The number of furan rings is 1. The summed E-state index contributed by atoms with van der Waals surface area (Å²) in [5.41, 5.74) is 0. The summed E-state index contributed by atoms with van der Waals surface area (Å²) in [5.74, 6) is 1.91. The van der Waals surface area contributed by atoms with Gasteiger partial charge in [0.15, 0.2) is 5.96 Å². The van der Waals surface area contributed by atoms with Crippen LogP contribution in [0.15, 0.2) is 27.8 Å². The standard InChI is InChI=1S/C18H31N5O3S/c1-19-18(20-8-12-23-11-6-14-27(23,24)25)21-15-16(17-7-5-13-26-17)22-9-3-2-4-10-22/h5,7,13,16H,2-4,6,8-12,14-15H2,1H3,(H2,19,20,21). The van der Waals surface area contributed by atoms with E-state index in [1.54, 1.807) is 17.6 Å². The van der Waals surface area contributed by atoms with Crippen molar-refractivity contribution in [2.45, 2.75) is 31.7 Å². The van der Waals surface area contributed by atoms with E-state index in [0.717, 1.165) is 25.3 Å². The predicted octanol–water partition coefficient (Wildman–Crippen LogP) is 1.01. The second-order valence-corrected chi connectivity index (χ2v) is 9.16. The Morgan fingerprint density at radius 3 is 2.67 bits per heavy atom. The Labute approximate surface area is 162 Å². The van der Waals surface area contributed by atoms with Crippen LogP contribution in [0.5, 0.6) is 0 Å². The largest absolute Gasteiger partial charge is 0.468 e. The van der Waals surface area contributed by atoms with E-state index in [2.05, 4.69) is 20.5 Å². The molecule has 0 aromatic carbocycles. The molecule has 2 N–H and O–H groups in total. The number of rotatable bonds is 7. The fraction of sp³-hybridized carbons (Fsp3) is 0.722. The van der Waals surface area contributed by atoms with Crippen LogP contribution in [0.2, 0.25) is 0 Å². The van der Waals surface area contributed by atoms with Gasteiger partial charge in [-0.15, -0.1) is 0 Å². The molecule has 0 saturated carbocycles. The van der Waals surface area contributed by atoms with Crippen LogP contribution in [-0.4, -0.2) is 75.7 Å². The minimum Gasteiger partial charge on any atom is -0.468 e. The van der Waals surface area contributed by atoms with Gasteiger partial charge in [0, 0.05) is 33.2 Å². The van der Waals surface area contributed by atoms with Crippen molar-refractivity contribution in [3.63, 3.8) is 0 Å². The Hall–Kier alpha value is -1.58. The summed E-state index contributed by atoms with van der Waals surface area (Å²) < 4.78 is 30.9. The van der Waals surface area contributed by atoms with E-state index in [0.29, 0.717) is 32.1 Å². The molecule has 2 fully saturated rings. The summed E-state index contributed by atoms with van der Waals surface area (Å²) in [4.78, 5) is 6.72. The molecule has 9 heteroatoms. The Morgan fingerprint density at radius 2 is 2.04 bits per heavy atom. The van der Waals surface area contributed by atoms with Crippen LogP contribution >= 0.6 is 0 Å². The fourth-order valence-electron chi connectivity index (χ4n) is 3.78. The van der Waals surface area contributed by atoms with Gasteiger partial charge in [-0.05, 0) is 44.5 Å². The molecule has 8 nitrogen and oxygen atoms in total. The Morgan fingerprint density at radius 1 is 1.22 bits per heavy atom. The van der Waals surface area contributed by atoms with Crippen LogP contribution < -0.4 is 10.6 Å². The van der Waals surface area contributed by atoms with Crippen molar-refractivity contribution in [1.82, 2.24) is 19.8 Å². The molecule has 0 spiro atoms. The maximum atomic E-state index is 11.9. The van der Waals surface area contributed by atoms with Crippen molar-refractivity contribution < 1.29 is 12.8 Å². The molecule has 0 amide bonds. The van der Waals surface area contributed by atoms with Crippen molar-refractivity contribution in [2.24, 2.45) is 4.99 Å². The number of nitrogens with one attached hydrogen (secondary N) is 2. The maximum absolute atomic E-state index is 11.9. The van der Waals surface area contributed by atoms with Crippen molar-refractivity contribution in [1.29, 1.82) is 0 Å². The molecule has 0 aliphatic carbocycles. The van der Waals surface area contributed by atoms with Gasteiger partial charge >= 0.3 is 0 Å². The lowest BCUT2D eigenvalue weighted by Crippen LogP contribution is -2.46.